The molecular formula is C13H22F3N. The highest BCUT2D eigenvalue weighted by Crippen LogP contribution is 2.41. The van der Waals surface area contributed by atoms with E-state index in [1.807, 2.05) is 6.92 Å². The van der Waals surface area contributed by atoms with Crippen LogP contribution in [0.1, 0.15) is 39.0 Å². The van der Waals surface area contributed by atoms with Gasteiger partial charge < -0.3 is 5.32 Å². The smallest absolute Gasteiger partial charge is 0.314 e. The van der Waals surface area contributed by atoms with E-state index in [0.717, 1.165) is 19.4 Å². The van der Waals surface area contributed by atoms with Crippen molar-refractivity contribution in [2.45, 2.75) is 51.2 Å². The molecule has 4 heteroatoms. The van der Waals surface area contributed by atoms with Crippen LogP contribution >= 0.6 is 0 Å². The number of halogens is 3. The largest absolute Gasteiger partial charge is 0.391 e. The molecule has 0 radical (unpaired) electrons. The SMILES string of the molecule is C=CCC(NCC)C1CCCC(C(F)(F)F)C1. The molecule has 17 heavy (non-hydrogen) atoms. The van der Waals surface area contributed by atoms with Crippen LogP contribution in [0.25, 0.3) is 0 Å². The Morgan fingerprint density at radius 3 is 2.65 bits per heavy atom. The van der Waals surface area contributed by atoms with Crippen molar-refractivity contribution in [1.82, 2.24) is 5.32 Å². The first kappa shape index (κ1) is 14.6. The lowest BCUT2D eigenvalue weighted by Gasteiger charge is -2.35. The lowest BCUT2D eigenvalue weighted by atomic mass is 9.76. The quantitative estimate of drug-likeness (QED) is 0.728. The van der Waals surface area contributed by atoms with E-state index in [-0.39, 0.29) is 18.4 Å². The number of alkyl halides is 3. The zero-order chi connectivity index (χ0) is 12.9. The van der Waals surface area contributed by atoms with E-state index in [2.05, 4.69) is 11.9 Å². The van der Waals surface area contributed by atoms with Crippen molar-refractivity contribution in [3.63, 3.8) is 0 Å². The molecule has 1 aliphatic carbocycles. The Balaban J connectivity index is 2.59. The summed E-state index contributed by atoms with van der Waals surface area (Å²) in [6.45, 7) is 6.47. The van der Waals surface area contributed by atoms with Crippen molar-refractivity contribution >= 4 is 0 Å². The molecule has 0 aromatic heterocycles. The first-order chi connectivity index (χ1) is 7.99. The predicted molar refractivity (Wildman–Crippen MR) is 63.8 cm³/mol. The minimum absolute atomic E-state index is 0.133. The first-order valence-electron chi connectivity index (χ1n) is 6.40. The molecule has 3 unspecified atom stereocenters. The number of hydrogen-bond acceptors (Lipinski definition) is 1. The third-order valence-corrected chi connectivity index (χ3v) is 3.63. The lowest BCUT2D eigenvalue weighted by molar-refractivity contribution is -0.186. The third kappa shape index (κ3) is 4.34. The fourth-order valence-electron chi connectivity index (χ4n) is 2.77. The van der Waals surface area contributed by atoms with Gasteiger partial charge in [-0.3, -0.25) is 0 Å². The topological polar surface area (TPSA) is 12.0 Å². The van der Waals surface area contributed by atoms with Crippen LogP contribution in [0.3, 0.4) is 0 Å². The molecule has 0 spiro atoms. The molecule has 0 aromatic rings. The minimum atomic E-state index is -4.02. The Labute approximate surface area is 101 Å². The molecule has 100 valence electrons. The average Bonchev–Trinajstić information content (AvgIpc) is 2.28. The lowest BCUT2D eigenvalue weighted by Crippen LogP contribution is -2.40. The Kier molecular flexibility index (Phi) is 5.50. The van der Waals surface area contributed by atoms with Crippen LogP contribution < -0.4 is 5.32 Å². The first-order valence-corrected chi connectivity index (χ1v) is 6.40. The highest BCUT2D eigenvalue weighted by molar-refractivity contribution is 4.88. The van der Waals surface area contributed by atoms with Gasteiger partial charge in [-0.05, 0) is 38.1 Å². The summed E-state index contributed by atoms with van der Waals surface area (Å²) in [6.07, 6.45) is 0.686. The standard InChI is InChI=1S/C13H22F3N/c1-3-6-12(17-4-2)10-7-5-8-11(9-10)13(14,15)16/h3,10-12,17H,1,4-9H2,2H3. The Hall–Kier alpha value is -0.510. The van der Waals surface area contributed by atoms with E-state index in [1.54, 1.807) is 6.08 Å². The van der Waals surface area contributed by atoms with Crippen LogP contribution in [0.4, 0.5) is 13.2 Å². The second kappa shape index (κ2) is 6.43. The van der Waals surface area contributed by atoms with Gasteiger partial charge in [0.05, 0.1) is 5.92 Å². The number of rotatable bonds is 5. The van der Waals surface area contributed by atoms with Gasteiger partial charge in [0.25, 0.3) is 0 Å². The molecule has 1 fully saturated rings. The van der Waals surface area contributed by atoms with E-state index in [0.29, 0.717) is 12.8 Å². The Bertz CT molecular complexity index is 237. The molecule has 3 atom stereocenters. The molecule has 0 aliphatic heterocycles. The van der Waals surface area contributed by atoms with Gasteiger partial charge in [0.2, 0.25) is 0 Å². The maximum Gasteiger partial charge on any atom is 0.391 e. The monoisotopic (exact) mass is 249 g/mol. The van der Waals surface area contributed by atoms with Crippen LogP contribution in [0, 0.1) is 11.8 Å². The second-order valence-corrected chi connectivity index (χ2v) is 4.85. The van der Waals surface area contributed by atoms with Crippen LogP contribution in [0.5, 0.6) is 0 Å². The van der Waals surface area contributed by atoms with Gasteiger partial charge in [-0.2, -0.15) is 13.2 Å². The summed E-state index contributed by atoms with van der Waals surface area (Å²) in [5.74, 6) is -0.972. The van der Waals surface area contributed by atoms with E-state index in [4.69, 9.17) is 0 Å². The van der Waals surface area contributed by atoms with Crippen molar-refractivity contribution in [2.24, 2.45) is 11.8 Å². The second-order valence-electron chi connectivity index (χ2n) is 4.85. The third-order valence-electron chi connectivity index (χ3n) is 3.63. The van der Waals surface area contributed by atoms with Gasteiger partial charge in [-0.15, -0.1) is 6.58 Å². The minimum Gasteiger partial charge on any atom is -0.314 e. The molecule has 0 aromatic carbocycles. The maximum atomic E-state index is 12.7. The normalized spacial score (nSPS) is 27.8. The van der Waals surface area contributed by atoms with Crippen molar-refractivity contribution in [2.75, 3.05) is 6.54 Å². The van der Waals surface area contributed by atoms with E-state index in [1.165, 1.54) is 0 Å². The van der Waals surface area contributed by atoms with Gasteiger partial charge in [-0.1, -0.05) is 19.4 Å². The van der Waals surface area contributed by atoms with Crippen LogP contribution in [-0.2, 0) is 0 Å². The van der Waals surface area contributed by atoms with Gasteiger partial charge >= 0.3 is 6.18 Å². The predicted octanol–water partition coefficient (Wildman–Crippen LogP) is 3.91. The molecule has 1 aliphatic rings. The van der Waals surface area contributed by atoms with E-state index < -0.39 is 12.1 Å². The molecular weight excluding hydrogens is 227 g/mol. The Morgan fingerprint density at radius 1 is 1.41 bits per heavy atom. The fourth-order valence-corrected chi connectivity index (χ4v) is 2.77. The summed E-state index contributed by atoms with van der Waals surface area (Å²) in [5, 5.41) is 3.29. The van der Waals surface area contributed by atoms with Gasteiger partial charge in [0.15, 0.2) is 0 Å². The summed E-state index contributed by atoms with van der Waals surface area (Å²) in [6, 6.07) is 0.155. The highest BCUT2D eigenvalue weighted by Gasteiger charge is 2.43. The fraction of sp³-hybridized carbons (Fsp3) is 0.846. The summed E-state index contributed by atoms with van der Waals surface area (Å²) >= 11 is 0. The van der Waals surface area contributed by atoms with Crippen LogP contribution in [0.15, 0.2) is 12.7 Å². The number of hydrogen-bond donors (Lipinski definition) is 1. The highest BCUT2D eigenvalue weighted by atomic mass is 19.4. The van der Waals surface area contributed by atoms with Crippen molar-refractivity contribution in [1.29, 1.82) is 0 Å². The Morgan fingerprint density at radius 2 is 2.12 bits per heavy atom. The summed E-state index contributed by atoms with van der Waals surface area (Å²) < 4.78 is 38.1. The molecule has 1 rings (SSSR count). The van der Waals surface area contributed by atoms with Gasteiger partial charge in [0, 0.05) is 6.04 Å². The van der Waals surface area contributed by atoms with Gasteiger partial charge in [0.1, 0.15) is 0 Å². The van der Waals surface area contributed by atoms with Crippen molar-refractivity contribution < 1.29 is 13.2 Å². The van der Waals surface area contributed by atoms with Crippen molar-refractivity contribution in [3.8, 4) is 0 Å². The molecule has 0 heterocycles. The molecule has 0 saturated heterocycles. The number of nitrogens with one attached hydrogen (secondary N) is 1. The summed E-state index contributed by atoms with van der Waals surface area (Å²) in [5.41, 5.74) is 0. The zero-order valence-electron chi connectivity index (χ0n) is 10.4. The average molecular weight is 249 g/mol. The zero-order valence-corrected chi connectivity index (χ0v) is 10.4. The van der Waals surface area contributed by atoms with Crippen LogP contribution in [0.2, 0.25) is 0 Å². The van der Waals surface area contributed by atoms with E-state index >= 15 is 0 Å². The summed E-state index contributed by atoms with van der Waals surface area (Å²) in [7, 11) is 0. The molecule has 1 saturated carbocycles. The van der Waals surface area contributed by atoms with Crippen LogP contribution in [-0.4, -0.2) is 18.8 Å². The van der Waals surface area contributed by atoms with E-state index in [9.17, 15) is 13.2 Å². The molecule has 0 bridgehead atoms. The van der Waals surface area contributed by atoms with Crippen molar-refractivity contribution in [3.05, 3.63) is 12.7 Å². The summed E-state index contributed by atoms with van der Waals surface area (Å²) in [4.78, 5) is 0. The molecule has 0 amide bonds. The van der Waals surface area contributed by atoms with Gasteiger partial charge in [-0.25, -0.2) is 0 Å². The molecule has 1 N–H and O–H groups in total. The molecule has 1 nitrogen and oxygen atoms in total. The maximum absolute atomic E-state index is 12.7.